The molecule has 0 radical (unpaired) electrons. The zero-order valence-corrected chi connectivity index (χ0v) is 11.3. The summed E-state index contributed by atoms with van der Waals surface area (Å²) in [5.74, 6) is 0. The number of rotatable bonds is 4. The van der Waals surface area contributed by atoms with Crippen LogP contribution in [0.5, 0.6) is 0 Å². The normalized spacial score (nSPS) is 12.6. The first-order chi connectivity index (χ1) is 8.63. The van der Waals surface area contributed by atoms with Crippen molar-refractivity contribution in [2.45, 2.75) is 32.1 Å². The number of hydrogen-bond acceptors (Lipinski definition) is 3. The molecule has 3 N–H and O–H groups in total. The zero-order valence-electron chi connectivity index (χ0n) is 11.3. The van der Waals surface area contributed by atoms with Gasteiger partial charge in [-0.25, -0.2) is 0 Å². The Morgan fingerprint density at radius 1 is 1.26 bits per heavy atom. The van der Waals surface area contributed by atoms with Crippen molar-refractivity contribution >= 4 is 5.69 Å². The molecule has 1 rings (SSSR count). The topological polar surface area (TPSA) is 49.5 Å². The molecule has 0 aliphatic rings. The minimum absolute atomic E-state index is 0.0615. The third-order valence-electron chi connectivity index (χ3n) is 3.30. The van der Waals surface area contributed by atoms with Crippen LogP contribution in [0.25, 0.3) is 0 Å². The number of benzene rings is 1. The zero-order chi connectivity index (χ0) is 14.8. The van der Waals surface area contributed by atoms with E-state index in [4.69, 9.17) is 5.73 Å². The maximum Gasteiger partial charge on any atom is 0.416 e. The van der Waals surface area contributed by atoms with Gasteiger partial charge >= 0.3 is 6.18 Å². The largest absolute Gasteiger partial charge is 0.416 e. The van der Waals surface area contributed by atoms with Crippen LogP contribution in [0.15, 0.2) is 18.2 Å². The maximum atomic E-state index is 12.9. The number of halogens is 3. The maximum absolute atomic E-state index is 12.9. The molecule has 0 aromatic heterocycles. The van der Waals surface area contributed by atoms with E-state index in [-0.39, 0.29) is 18.7 Å². The summed E-state index contributed by atoms with van der Waals surface area (Å²) in [6.45, 7) is 3.17. The Balaban J connectivity index is 3.26. The first-order valence-electron chi connectivity index (χ1n) is 5.88. The van der Waals surface area contributed by atoms with E-state index in [0.29, 0.717) is 5.69 Å². The van der Waals surface area contributed by atoms with Crippen LogP contribution in [0.4, 0.5) is 18.9 Å². The predicted octanol–water partition coefficient (Wildman–Crippen LogP) is 2.37. The van der Waals surface area contributed by atoms with Crippen LogP contribution in [0.3, 0.4) is 0 Å². The summed E-state index contributed by atoms with van der Waals surface area (Å²) in [5, 5.41) is 9.27. The van der Waals surface area contributed by atoms with Crippen molar-refractivity contribution in [1.82, 2.24) is 0 Å². The second-order valence-corrected chi connectivity index (χ2v) is 5.07. The van der Waals surface area contributed by atoms with Crippen LogP contribution in [0.2, 0.25) is 0 Å². The monoisotopic (exact) mass is 276 g/mol. The van der Waals surface area contributed by atoms with Crippen molar-refractivity contribution in [3.63, 3.8) is 0 Å². The summed E-state index contributed by atoms with van der Waals surface area (Å²) in [5.41, 5.74) is 4.41. The minimum atomic E-state index is -4.44. The van der Waals surface area contributed by atoms with Crippen molar-refractivity contribution in [2.75, 3.05) is 18.6 Å². The van der Waals surface area contributed by atoms with Gasteiger partial charge in [-0.2, -0.15) is 13.2 Å². The predicted molar refractivity (Wildman–Crippen MR) is 68.9 cm³/mol. The fourth-order valence-corrected chi connectivity index (χ4v) is 1.67. The lowest BCUT2D eigenvalue weighted by Gasteiger charge is -2.36. The van der Waals surface area contributed by atoms with Gasteiger partial charge in [0, 0.05) is 19.3 Å². The third kappa shape index (κ3) is 3.39. The van der Waals surface area contributed by atoms with Crippen molar-refractivity contribution in [1.29, 1.82) is 0 Å². The van der Waals surface area contributed by atoms with Crippen LogP contribution < -0.4 is 10.6 Å². The number of likely N-dealkylation sites (N-methyl/N-ethyl adjacent to an activating group) is 1. The molecule has 1 aromatic rings. The summed E-state index contributed by atoms with van der Waals surface area (Å²) < 4.78 is 38.8. The van der Waals surface area contributed by atoms with Crippen molar-refractivity contribution in [3.8, 4) is 0 Å². The average Bonchev–Trinajstić information content (AvgIpc) is 2.36. The van der Waals surface area contributed by atoms with E-state index in [1.54, 1.807) is 31.9 Å². The summed E-state index contributed by atoms with van der Waals surface area (Å²) >= 11 is 0. The highest BCUT2D eigenvalue weighted by Crippen LogP contribution is 2.35. The van der Waals surface area contributed by atoms with E-state index < -0.39 is 17.3 Å². The Morgan fingerprint density at radius 2 is 1.84 bits per heavy atom. The number of aliphatic hydroxyl groups is 1. The van der Waals surface area contributed by atoms with Gasteiger partial charge in [0.25, 0.3) is 0 Å². The highest BCUT2D eigenvalue weighted by atomic mass is 19.4. The van der Waals surface area contributed by atoms with E-state index in [1.807, 2.05) is 0 Å². The Kier molecular flexibility index (Phi) is 4.47. The molecule has 0 fully saturated rings. The lowest BCUT2D eigenvalue weighted by Crippen LogP contribution is -2.44. The van der Waals surface area contributed by atoms with Gasteiger partial charge in [-0.1, -0.05) is 6.07 Å². The molecule has 0 aliphatic heterocycles. The highest BCUT2D eigenvalue weighted by Gasteiger charge is 2.34. The average molecular weight is 276 g/mol. The van der Waals surface area contributed by atoms with Crippen LogP contribution in [0.1, 0.15) is 25.0 Å². The number of nitrogens with two attached hydrogens (primary N) is 1. The molecule has 0 heterocycles. The van der Waals surface area contributed by atoms with E-state index in [2.05, 4.69) is 0 Å². The van der Waals surface area contributed by atoms with Gasteiger partial charge < -0.3 is 15.7 Å². The minimum Gasteiger partial charge on any atom is -0.394 e. The molecule has 0 unspecified atom stereocenters. The summed E-state index contributed by atoms with van der Waals surface area (Å²) in [4.78, 5) is 1.61. The van der Waals surface area contributed by atoms with Crippen LogP contribution in [0, 0.1) is 0 Å². The first kappa shape index (κ1) is 15.8. The molecular weight excluding hydrogens is 257 g/mol. The van der Waals surface area contributed by atoms with Gasteiger partial charge in [-0.15, -0.1) is 0 Å². The molecule has 6 heteroatoms. The fourth-order valence-electron chi connectivity index (χ4n) is 1.67. The SMILES string of the molecule is CN(c1ccc(CN)c(C(F)(F)F)c1)C(C)(C)CO. The van der Waals surface area contributed by atoms with Crippen molar-refractivity contribution < 1.29 is 18.3 Å². The lowest BCUT2D eigenvalue weighted by atomic mass is 10.0. The van der Waals surface area contributed by atoms with E-state index in [9.17, 15) is 18.3 Å². The highest BCUT2D eigenvalue weighted by molar-refractivity contribution is 5.53. The third-order valence-corrected chi connectivity index (χ3v) is 3.30. The Labute approximate surface area is 110 Å². The van der Waals surface area contributed by atoms with Crippen molar-refractivity contribution in [3.05, 3.63) is 29.3 Å². The Morgan fingerprint density at radius 3 is 2.26 bits per heavy atom. The summed E-state index contributed by atoms with van der Waals surface area (Å²) in [6.07, 6.45) is -4.44. The number of nitrogens with zero attached hydrogens (tertiary/aromatic N) is 1. The fraction of sp³-hybridized carbons (Fsp3) is 0.538. The summed E-state index contributed by atoms with van der Waals surface area (Å²) in [7, 11) is 1.65. The van der Waals surface area contributed by atoms with Crippen molar-refractivity contribution in [2.24, 2.45) is 5.73 Å². The number of alkyl halides is 3. The molecule has 0 bridgehead atoms. The van der Waals surface area contributed by atoms with Gasteiger partial charge in [0.1, 0.15) is 0 Å². The molecule has 108 valence electrons. The van der Waals surface area contributed by atoms with E-state index >= 15 is 0 Å². The Bertz CT molecular complexity index is 444. The van der Waals surface area contributed by atoms with E-state index in [1.165, 1.54) is 6.07 Å². The first-order valence-corrected chi connectivity index (χ1v) is 5.88. The van der Waals surface area contributed by atoms with Crippen LogP contribution >= 0.6 is 0 Å². The smallest absolute Gasteiger partial charge is 0.394 e. The standard InChI is InChI=1S/C13H19F3N2O/c1-12(2,8-19)18(3)10-5-4-9(7-17)11(6-10)13(14,15)16/h4-6,19H,7-8,17H2,1-3H3. The molecule has 3 nitrogen and oxygen atoms in total. The van der Waals surface area contributed by atoms with Gasteiger partial charge in [0.2, 0.25) is 0 Å². The molecule has 0 saturated heterocycles. The second-order valence-electron chi connectivity index (χ2n) is 5.07. The molecule has 0 spiro atoms. The molecule has 19 heavy (non-hydrogen) atoms. The number of aliphatic hydroxyl groups excluding tert-OH is 1. The van der Waals surface area contributed by atoms with Gasteiger partial charge in [-0.3, -0.25) is 0 Å². The summed E-state index contributed by atoms with van der Waals surface area (Å²) in [6, 6.07) is 4.02. The second kappa shape index (κ2) is 5.38. The molecule has 0 saturated carbocycles. The van der Waals surface area contributed by atoms with Gasteiger partial charge in [-0.05, 0) is 31.5 Å². The molecular formula is C13H19F3N2O. The van der Waals surface area contributed by atoms with Crippen LogP contribution in [-0.2, 0) is 12.7 Å². The number of anilines is 1. The number of hydrogen-bond donors (Lipinski definition) is 2. The molecule has 1 aromatic carbocycles. The van der Waals surface area contributed by atoms with Gasteiger partial charge in [0.05, 0.1) is 17.7 Å². The van der Waals surface area contributed by atoms with Gasteiger partial charge in [0.15, 0.2) is 0 Å². The Hall–Kier alpha value is -1.27. The van der Waals surface area contributed by atoms with E-state index in [0.717, 1.165) is 6.07 Å². The molecule has 0 amide bonds. The lowest BCUT2D eigenvalue weighted by molar-refractivity contribution is -0.138. The molecule has 0 atom stereocenters. The molecule has 0 aliphatic carbocycles. The van der Waals surface area contributed by atoms with Crippen LogP contribution in [-0.4, -0.2) is 24.3 Å². The quantitative estimate of drug-likeness (QED) is 0.887.